The predicted octanol–water partition coefficient (Wildman–Crippen LogP) is 2.65. The third-order valence-corrected chi connectivity index (χ3v) is 4.10. The maximum absolute atomic E-state index is 12.4. The number of nitrogens with one attached hydrogen (secondary N) is 1. The summed E-state index contributed by atoms with van der Waals surface area (Å²) in [5.74, 6) is 0.0571. The molecule has 104 valence electrons. The molecule has 0 heterocycles. The van der Waals surface area contributed by atoms with Gasteiger partial charge < -0.3 is 10.4 Å². The Kier molecular flexibility index (Phi) is 4.48. The van der Waals surface area contributed by atoms with Crippen LogP contribution in [0.5, 0.6) is 0 Å². The van der Waals surface area contributed by atoms with Crippen molar-refractivity contribution in [1.82, 2.24) is 5.32 Å². The van der Waals surface area contributed by atoms with Gasteiger partial charge in [0.15, 0.2) is 0 Å². The molecule has 0 bridgehead atoms. The molecule has 1 aromatic rings. The summed E-state index contributed by atoms with van der Waals surface area (Å²) in [6, 6.07) is 7.57. The Labute approximate surface area is 119 Å². The molecular weight excluding hydrogens is 262 g/mol. The lowest BCUT2D eigenvalue weighted by Crippen LogP contribution is -2.49. The number of halogens is 1. The fourth-order valence-electron chi connectivity index (χ4n) is 2.53. The second-order valence-electron chi connectivity index (χ2n) is 5.34. The number of carbonyl (C=O) groups excluding carboxylic acids is 1. The lowest BCUT2D eigenvalue weighted by Gasteiger charge is -2.40. The summed E-state index contributed by atoms with van der Waals surface area (Å²) in [4.78, 5) is 12.4. The summed E-state index contributed by atoms with van der Waals surface area (Å²) in [5, 5.41) is 12.8. The molecule has 1 aliphatic carbocycles. The second kappa shape index (κ2) is 5.93. The molecule has 1 unspecified atom stereocenters. The lowest BCUT2D eigenvalue weighted by molar-refractivity contribution is -0.130. The van der Waals surface area contributed by atoms with E-state index in [-0.39, 0.29) is 12.0 Å². The average Bonchev–Trinajstić information content (AvgIpc) is 2.27. The van der Waals surface area contributed by atoms with E-state index in [9.17, 15) is 9.90 Å². The summed E-state index contributed by atoms with van der Waals surface area (Å²) >= 11 is 6.02. The van der Waals surface area contributed by atoms with Crippen LogP contribution in [0.4, 0.5) is 0 Å². The van der Waals surface area contributed by atoms with Crippen molar-refractivity contribution in [3.8, 4) is 0 Å². The number of hydrogen-bond acceptors (Lipinski definition) is 2. The molecule has 19 heavy (non-hydrogen) atoms. The zero-order valence-electron chi connectivity index (χ0n) is 11.2. The molecule has 0 aromatic heterocycles. The molecule has 1 fully saturated rings. The molecule has 0 aliphatic heterocycles. The van der Waals surface area contributed by atoms with Crippen LogP contribution < -0.4 is 5.32 Å². The summed E-state index contributed by atoms with van der Waals surface area (Å²) in [6.45, 7) is 2.24. The van der Waals surface area contributed by atoms with Crippen LogP contribution in [-0.2, 0) is 10.2 Å². The van der Waals surface area contributed by atoms with Gasteiger partial charge in [0.25, 0.3) is 0 Å². The minimum atomic E-state index is -0.413. The van der Waals surface area contributed by atoms with Gasteiger partial charge in [-0.05, 0) is 43.9 Å². The Bertz CT molecular complexity index is 455. The van der Waals surface area contributed by atoms with Crippen LogP contribution in [0.15, 0.2) is 24.3 Å². The van der Waals surface area contributed by atoms with Crippen LogP contribution in [0.3, 0.4) is 0 Å². The highest BCUT2D eigenvalue weighted by atomic mass is 35.5. The molecule has 1 atom stereocenters. The highest BCUT2D eigenvalue weighted by molar-refractivity contribution is 6.30. The van der Waals surface area contributed by atoms with E-state index in [0.29, 0.717) is 18.0 Å². The summed E-state index contributed by atoms with van der Waals surface area (Å²) < 4.78 is 0. The van der Waals surface area contributed by atoms with Gasteiger partial charge in [0.1, 0.15) is 0 Å². The first kappa shape index (κ1) is 14.4. The Balaban J connectivity index is 2.08. The monoisotopic (exact) mass is 281 g/mol. The largest absolute Gasteiger partial charge is 0.393 e. The van der Waals surface area contributed by atoms with Crippen LogP contribution in [0.25, 0.3) is 0 Å². The van der Waals surface area contributed by atoms with Crippen molar-refractivity contribution in [3.63, 3.8) is 0 Å². The van der Waals surface area contributed by atoms with E-state index in [4.69, 9.17) is 11.6 Å². The van der Waals surface area contributed by atoms with Gasteiger partial charge in [0, 0.05) is 11.6 Å². The molecule has 0 radical (unpaired) electrons. The van der Waals surface area contributed by atoms with Crippen LogP contribution >= 0.6 is 11.6 Å². The van der Waals surface area contributed by atoms with E-state index in [1.54, 1.807) is 6.92 Å². The molecule has 0 spiro atoms. The number of carbonyl (C=O) groups is 1. The maximum Gasteiger partial charge on any atom is 0.230 e. The molecule has 1 aromatic carbocycles. The van der Waals surface area contributed by atoms with Crippen molar-refractivity contribution in [1.29, 1.82) is 0 Å². The molecule has 3 nitrogen and oxygen atoms in total. The predicted molar refractivity (Wildman–Crippen MR) is 76.3 cm³/mol. The van der Waals surface area contributed by atoms with Crippen molar-refractivity contribution in [2.45, 2.75) is 44.1 Å². The first-order valence-corrected chi connectivity index (χ1v) is 7.15. The number of aliphatic hydroxyl groups excluding tert-OH is 1. The molecule has 2 N–H and O–H groups in total. The fourth-order valence-corrected chi connectivity index (χ4v) is 2.72. The molecule has 1 amide bonds. The Morgan fingerprint density at radius 3 is 2.79 bits per heavy atom. The molecular formula is C15H20ClNO2. The molecule has 4 heteroatoms. The Morgan fingerprint density at radius 2 is 2.26 bits per heavy atom. The van der Waals surface area contributed by atoms with Gasteiger partial charge in [-0.2, -0.15) is 0 Å². The van der Waals surface area contributed by atoms with Gasteiger partial charge in [-0.1, -0.05) is 30.2 Å². The highest BCUT2D eigenvalue weighted by Gasteiger charge is 2.45. The third-order valence-electron chi connectivity index (χ3n) is 3.87. The summed E-state index contributed by atoms with van der Waals surface area (Å²) in [5.41, 5.74) is 0.588. The van der Waals surface area contributed by atoms with E-state index in [0.717, 1.165) is 24.8 Å². The maximum atomic E-state index is 12.4. The quantitative estimate of drug-likeness (QED) is 0.872. The SMILES string of the molecule is CC(O)CCNC(=O)C1(c2cccc(Cl)c2)CCC1. The molecule has 1 aliphatic rings. The smallest absolute Gasteiger partial charge is 0.230 e. The van der Waals surface area contributed by atoms with Crippen molar-refractivity contribution in [2.24, 2.45) is 0 Å². The minimum absolute atomic E-state index is 0.0571. The topological polar surface area (TPSA) is 49.3 Å². The van der Waals surface area contributed by atoms with E-state index in [2.05, 4.69) is 5.32 Å². The number of amides is 1. The van der Waals surface area contributed by atoms with Crippen LogP contribution in [0, 0.1) is 0 Å². The van der Waals surface area contributed by atoms with Crippen LogP contribution in [0.2, 0.25) is 5.02 Å². The number of hydrogen-bond donors (Lipinski definition) is 2. The highest BCUT2D eigenvalue weighted by Crippen LogP contribution is 2.44. The van der Waals surface area contributed by atoms with E-state index in [1.165, 1.54) is 0 Å². The van der Waals surface area contributed by atoms with Crippen LogP contribution in [-0.4, -0.2) is 23.7 Å². The number of rotatable bonds is 5. The fraction of sp³-hybridized carbons (Fsp3) is 0.533. The van der Waals surface area contributed by atoms with Gasteiger partial charge in [0.05, 0.1) is 11.5 Å². The Hall–Kier alpha value is -1.06. The van der Waals surface area contributed by atoms with E-state index >= 15 is 0 Å². The Morgan fingerprint density at radius 1 is 1.53 bits per heavy atom. The van der Waals surface area contributed by atoms with Gasteiger partial charge in [-0.15, -0.1) is 0 Å². The van der Waals surface area contributed by atoms with Crippen molar-refractivity contribution in [3.05, 3.63) is 34.9 Å². The van der Waals surface area contributed by atoms with Gasteiger partial charge in [0.2, 0.25) is 5.91 Å². The van der Waals surface area contributed by atoms with Gasteiger partial charge in [-0.3, -0.25) is 4.79 Å². The first-order valence-electron chi connectivity index (χ1n) is 6.77. The summed E-state index contributed by atoms with van der Waals surface area (Å²) in [7, 11) is 0. The van der Waals surface area contributed by atoms with E-state index < -0.39 is 5.41 Å². The first-order chi connectivity index (χ1) is 9.04. The zero-order valence-corrected chi connectivity index (χ0v) is 11.9. The molecule has 2 rings (SSSR count). The second-order valence-corrected chi connectivity index (χ2v) is 5.78. The lowest BCUT2D eigenvalue weighted by atomic mass is 9.64. The molecule has 1 saturated carbocycles. The normalized spacial score (nSPS) is 18.5. The van der Waals surface area contributed by atoms with Crippen LogP contribution in [0.1, 0.15) is 38.2 Å². The van der Waals surface area contributed by atoms with Crippen molar-refractivity contribution in [2.75, 3.05) is 6.54 Å². The van der Waals surface area contributed by atoms with Crippen molar-refractivity contribution >= 4 is 17.5 Å². The summed E-state index contributed by atoms with van der Waals surface area (Å²) in [6.07, 6.45) is 3.00. The number of benzene rings is 1. The van der Waals surface area contributed by atoms with Gasteiger partial charge >= 0.3 is 0 Å². The van der Waals surface area contributed by atoms with E-state index in [1.807, 2.05) is 24.3 Å². The van der Waals surface area contributed by atoms with Gasteiger partial charge in [-0.25, -0.2) is 0 Å². The minimum Gasteiger partial charge on any atom is -0.393 e. The third kappa shape index (κ3) is 3.10. The zero-order chi connectivity index (χ0) is 13.9. The standard InChI is InChI=1S/C15H20ClNO2/c1-11(18)6-9-17-14(19)15(7-3-8-15)12-4-2-5-13(16)10-12/h2,4-5,10-11,18H,3,6-9H2,1H3,(H,17,19). The molecule has 0 saturated heterocycles. The average molecular weight is 282 g/mol. The van der Waals surface area contributed by atoms with Crippen molar-refractivity contribution < 1.29 is 9.90 Å². The number of aliphatic hydroxyl groups is 1.